The molecule has 158 valence electrons. The highest BCUT2D eigenvalue weighted by Gasteiger charge is 2.15. The summed E-state index contributed by atoms with van der Waals surface area (Å²) in [6.07, 6.45) is -0.0956. The zero-order valence-electron chi connectivity index (χ0n) is 16.4. The number of carbonyl (C=O) groups excluding carboxylic acids is 2. The average Bonchev–Trinajstić information content (AvgIpc) is 2.71. The van der Waals surface area contributed by atoms with E-state index in [1.807, 2.05) is 0 Å². The van der Waals surface area contributed by atoms with Gasteiger partial charge >= 0.3 is 0 Å². The third-order valence-electron chi connectivity index (χ3n) is 3.85. The first-order valence-electron chi connectivity index (χ1n) is 8.54. The highest BCUT2D eigenvalue weighted by molar-refractivity contribution is 6.33. The van der Waals surface area contributed by atoms with Gasteiger partial charge in [0.2, 0.25) is 5.91 Å². The van der Waals surface area contributed by atoms with Crippen LogP contribution in [-0.2, 0) is 4.79 Å². The number of rotatable bonds is 8. The molecule has 2 rings (SSSR count). The van der Waals surface area contributed by atoms with Gasteiger partial charge in [-0.1, -0.05) is 11.6 Å². The summed E-state index contributed by atoms with van der Waals surface area (Å²) in [6.45, 7) is 1.56. The Morgan fingerprint density at radius 1 is 1.17 bits per heavy atom. The molecule has 0 bridgehead atoms. The van der Waals surface area contributed by atoms with Crippen LogP contribution in [0, 0.1) is 10.1 Å². The van der Waals surface area contributed by atoms with Crippen molar-refractivity contribution < 1.29 is 24.0 Å². The summed E-state index contributed by atoms with van der Waals surface area (Å²) >= 11 is 5.79. The molecular weight excluding hydrogens is 416 g/mol. The number of methoxy groups -OCH3 is 2. The lowest BCUT2D eigenvalue weighted by molar-refractivity contribution is -0.384. The van der Waals surface area contributed by atoms with Gasteiger partial charge in [-0.05, 0) is 31.2 Å². The highest BCUT2D eigenvalue weighted by Crippen LogP contribution is 2.29. The molecule has 0 aliphatic carbocycles. The maximum atomic E-state index is 12.3. The molecule has 10 nitrogen and oxygen atoms in total. The summed E-state index contributed by atoms with van der Waals surface area (Å²) in [5.41, 5.74) is 2.82. The number of nitro groups is 1. The van der Waals surface area contributed by atoms with E-state index < -0.39 is 10.8 Å². The van der Waals surface area contributed by atoms with E-state index in [0.717, 1.165) is 6.07 Å². The van der Waals surface area contributed by atoms with Crippen molar-refractivity contribution in [2.75, 3.05) is 19.5 Å². The quantitative estimate of drug-likeness (QED) is 0.371. The highest BCUT2D eigenvalue weighted by atomic mass is 35.5. The van der Waals surface area contributed by atoms with Gasteiger partial charge in [0.25, 0.3) is 11.6 Å². The fraction of sp³-hybridized carbons (Fsp3) is 0.211. The second kappa shape index (κ2) is 10.2. The Balaban J connectivity index is 2.00. The number of nitro benzene ring substituents is 1. The van der Waals surface area contributed by atoms with Gasteiger partial charge in [-0.2, -0.15) is 5.10 Å². The fourth-order valence-corrected chi connectivity index (χ4v) is 2.63. The number of anilines is 1. The van der Waals surface area contributed by atoms with E-state index in [1.165, 1.54) is 26.4 Å². The topological polar surface area (TPSA) is 132 Å². The van der Waals surface area contributed by atoms with Crippen LogP contribution in [0.1, 0.15) is 23.7 Å². The second-order valence-electron chi connectivity index (χ2n) is 6.00. The summed E-state index contributed by atoms with van der Waals surface area (Å²) in [6, 6.07) is 8.52. The van der Waals surface area contributed by atoms with Gasteiger partial charge in [0.1, 0.15) is 16.5 Å². The van der Waals surface area contributed by atoms with E-state index in [0.29, 0.717) is 22.9 Å². The minimum Gasteiger partial charge on any atom is -0.497 e. The largest absolute Gasteiger partial charge is 0.497 e. The van der Waals surface area contributed by atoms with E-state index in [4.69, 9.17) is 21.1 Å². The molecule has 0 heterocycles. The molecular formula is C19H19ClN4O6. The maximum Gasteiger partial charge on any atom is 0.287 e. The number of nitrogens with zero attached hydrogens (tertiary/aromatic N) is 2. The van der Waals surface area contributed by atoms with Crippen LogP contribution in [0.2, 0.25) is 5.02 Å². The molecule has 0 aliphatic heterocycles. The molecule has 2 aromatic rings. The molecule has 2 aromatic carbocycles. The standard InChI is InChI=1S/C19H19ClN4O6/c1-11(8-18(25)21-15-10-13(29-2)5-7-17(15)30-3)22-23-19(26)12-4-6-16(24(27)28)14(20)9-12/h4-7,9-10H,8H2,1-3H3,(H,21,25)(H,23,26). The van der Waals surface area contributed by atoms with E-state index in [2.05, 4.69) is 15.8 Å². The van der Waals surface area contributed by atoms with Gasteiger partial charge in [0.05, 0.1) is 31.3 Å². The molecule has 30 heavy (non-hydrogen) atoms. The van der Waals surface area contributed by atoms with Crippen molar-refractivity contribution in [3.05, 3.63) is 57.1 Å². The Kier molecular flexibility index (Phi) is 7.70. The summed E-state index contributed by atoms with van der Waals surface area (Å²) in [4.78, 5) is 34.5. The van der Waals surface area contributed by atoms with Crippen molar-refractivity contribution in [1.29, 1.82) is 0 Å². The summed E-state index contributed by atoms with van der Waals surface area (Å²) in [7, 11) is 2.98. The lowest BCUT2D eigenvalue weighted by Gasteiger charge is -2.11. The van der Waals surface area contributed by atoms with Gasteiger partial charge < -0.3 is 14.8 Å². The molecule has 2 N–H and O–H groups in total. The van der Waals surface area contributed by atoms with Crippen molar-refractivity contribution in [3.63, 3.8) is 0 Å². The Labute approximate surface area is 177 Å². The van der Waals surface area contributed by atoms with Crippen LogP contribution in [0.15, 0.2) is 41.5 Å². The van der Waals surface area contributed by atoms with E-state index in [1.54, 1.807) is 25.1 Å². The monoisotopic (exact) mass is 434 g/mol. The molecule has 11 heteroatoms. The summed E-state index contributed by atoms with van der Waals surface area (Å²) in [5.74, 6) is 0.00376. The fourth-order valence-electron chi connectivity index (χ4n) is 2.38. The van der Waals surface area contributed by atoms with Crippen LogP contribution in [0.5, 0.6) is 11.5 Å². The molecule has 0 spiro atoms. The molecule has 0 aromatic heterocycles. The first-order valence-corrected chi connectivity index (χ1v) is 8.92. The van der Waals surface area contributed by atoms with Gasteiger partial charge in [0, 0.05) is 23.4 Å². The lowest BCUT2D eigenvalue weighted by Crippen LogP contribution is -2.21. The van der Waals surface area contributed by atoms with Crippen molar-refractivity contribution in [3.8, 4) is 11.5 Å². The van der Waals surface area contributed by atoms with Crippen molar-refractivity contribution in [1.82, 2.24) is 5.43 Å². The van der Waals surface area contributed by atoms with Gasteiger partial charge in [-0.25, -0.2) is 5.43 Å². The Morgan fingerprint density at radius 2 is 1.90 bits per heavy atom. The van der Waals surface area contributed by atoms with Crippen LogP contribution >= 0.6 is 11.6 Å². The smallest absolute Gasteiger partial charge is 0.287 e. The van der Waals surface area contributed by atoms with E-state index in [9.17, 15) is 19.7 Å². The number of carbonyl (C=O) groups is 2. The average molecular weight is 435 g/mol. The first kappa shape index (κ1) is 22.6. The number of ether oxygens (including phenoxy) is 2. The second-order valence-corrected chi connectivity index (χ2v) is 6.41. The maximum absolute atomic E-state index is 12.3. The summed E-state index contributed by atoms with van der Waals surface area (Å²) < 4.78 is 10.3. The normalized spacial score (nSPS) is 10.9. The lowest BCUT2D eigenvalue weighted by atomic mass is 10.2. The van der Waals surface area contributed by atoms with Gasteiger partial charge in [-0.3, -0.25) is 19.7 Å². The zero-order valence-corrected chi connectivity index (χ0v) is 17.1. The molecule has 0 unspecified atom stereocenters. The Hall–Kier alpha value is -3.66. The number of amides is 2. The van der Waals surface area contributed by atoms with Crippen LogP contribution in [0.3, 0.4) is 0 Å². The number of halogens is 1. The molecule has 0 saturated carbocycles. The summed E-state index contributed by atoms with van der Waals surface area (Å²) in [5, 5.41) is 17.2. The molecule has 0 aliphatic rings. The third kappa shape index (κ3) is 5.92. The van der Waals surface area contributed by atoms with E-state index in [-0.39, 0.29) is 28.6 Å². The van der Waals surface area contributed by atoms with Crippen LogP contribution in [0.25, 0.3) is 0 Å². The van der Waals surface area contributed by atoms with Crippen LogP contribution < -0.4 is 20.2 Å². The van der Waals surface area contributed by atoms with Crippen molar-refractivity contribution in [2.24, 2.45) is 5.10 Å². The van der Waals surface area contributed by atoms with Crippen molar-refractivity contribution in [2.45, 2.75) is 13.3 Å². The Bertz CT molecular complexity index is 1010. The first-order chi connectivity index (χ1) is 14.2. The Morgan fingerprint density at radius 3 is 2.50 bits per heavy atom. The number of hydrogen-bond acceptors (Lipinski definition) is 7. The van der Waals surface area contributed by atoms with Crippen LogP contribution in [0.4, 0.5) is 11.4 Å². The van der Waals surface area contributed by atoms with Gasteiger partial charge in [-0.15, -0.1) is 0 Å². The molecule has 2 amide bonds. The zero-order chi connectivity index (χ0) is 22.3. The minimum atomic E-state index is -0.651. The van der Waals surface area contributed by atoms with Gasteiger partial charge in [0.15, 0.2) is 0 Å². The number of nitrogens with one attached hydrogen (secondary N) is 2. The number of hydrogen-bond donors (Lipinski definition) is 2. The predicted octanol–water partition coefficient (Wildman–Crippen LogP) is 3.40. The number of hydrazone groups is 1. The minimum absolute atomic E-state index is 0.0905. The molecule has 0 radical (unpaired) electrons. The SMILES string of the molecule is COc1ccc(OC)c(NC(=O)CC(C)=NNC(=O)c2ccc([N+](=O)[O-])c(Cl)c2)c1. The third-order valence-corrected chi connectivity index (χ3v) is 4.15. The molecule has 0 fully saturated rings. The predicted molar refractivity (Wildman–Crippen MR) is 111 cm³/mol. The van der Waals surface area contributed by atoms with Crippen LogP contribution in [-0.4, -0.2) is 36.7 Å². The van der Waals surface area contributed by atoms with E-state index >= 15 is 0 Å². The molecule has 0 atom stereocenters. The molecule has 0 saturated heterocycles. The van der Waals surface area contributed by atoms with Crippen molar-refractivity contribution >= 4 is 40.5 Å². The number of benzene rings is 2.